The van der Waals surface area contributed by atoms with E-state index in [1.165, 1.54) is 18.3 Å². The van der Waals surface area contributed by atoms with Gasteiger partial charge in [-0.1, -0.05) is 6.07 Å². The van der Waals surface area contributed by atoms with E-state index in [-0.39, 0.29) is 22.8 Å². The average molecular weight is 507 g/mol. The van der Waals surface area contributed by atoms with E-state index in [1.54, 1.807) is 28.4 Å². The number of H-pyrrole nitrogens is 1. The highest BCUT2D eigenvalue weighted by Crippen LogP contribution is 2.33. The third-order valence-corrected chi connectivity index (χ3v) is 7.83. The molecule has 2 aromatic heterocycles. The van der Waals surface area contributed by atoms with Gasteiger partial charge >= 0.3 is 0 Å². The molecule has 4 aromatic rings. The molecule has 2 N–H and O–H groups in total. The number of fused-ring (bicyclic) bond motifs is 2. The molecule has 0 spiro atoms. The molecule has 6 rings (SSSR count). The van der Waals surface area contributed by atoms with Crippen LogP contribution in [0.2, 0.25) is 0 Å². The Balaban J connectivity index is 1.34. The van der Waals surface area contributed by atoms with E-state index in [9.17, 15) is 9.90 Å². The number of hydrogen-bond donors (Lipinski definition) is 2. The van der Waals surface area contributed by atoms with E-state index >= 15 is 8.78 Å². The van der Waals surface area contributed by atoms with Gasteiger partial charge in [0.2, 0.25) is 5.88 Å². The fourth-order valence-corrected chi connectivity index (χ4v) is 6.00. The van der Waals surface area contributed by atoms with Crippen LogP contribution in [0.3, 0.4) is 0 Å². The van der Waals surface area contributed by atoms with E-state index in [0.29, 0.717) is 29.9 Å². The smallest absolute Gasteiger partial charge is 0.258 e. The number of aromatic amines is 1. The number of nitrogens with zero attached hydrogens (tertiary/aromatic N) is 3. The first-order valence-electron chi connectivity index (χ1n) is 11.9. The number of halogens is 2. The zero-order chi connectivity index (χ0) is 24.8. The maximum Gasteiger partial charge on any atom is 0.258 e. The molecule has 0 saturated carbocycles. The molecular formula is C27H24F2N4O2S. The third kappa shape index (κ3) is 4.08. The summed E-state index contributed by atoms with van der Waals surface area (Å²) < 4.78 is 30.2. The number of thiophene rings is 1. The highest BCUT2D eigenvalue weighted by atomic mass is 32.1. The van der Waals surface area contributed by atoms with Gasteiger partial charge in [-0.25, -0.2) is 8.78 Å². The largest absolute Gasteiger partial charge is 0.494 e. The summed E-state index contributed by atoms with van der Waals surface area (Å²) in [6.07, 6.45) is 3.50. The minimum Gasteiger partial charge on any atom is -0.494 e. The number of rotatable bonds is 4. The second kappa shape index (κ2) is 9.15. The second-order valence-electron chi connectivity index (χ2n) is 9.28. The standard InChI is InChI=1S/C27H24F2N4O2S/c28-23-11-18(12-24(29)25(23)33-8-7-32-6-1-2-19(32)14-33)30-13-22-21-10-16(17-5-9-36-15-17)3-4-20(21)26(34)31-27(22)35/h3-5,9-13,15,19H,1-2,6-8,14H2,(H2,31,34,35)/t19-/m0/s1. The van der Waals surface area contributed by atoms with Crippen LogP contribution < -0.4 is 10.5 Å². The summed E-state index contributed by atoms with van der Waals surface area (Å²) >= 11 is 1.56. The Labute approximate surface area is 210 Å². The van der Waals surface area contributed by atoms with Crippen LogP contribution in [0.1, 0.15) is 18.4 Å². The minimum absolute atomic E-state index is 0.0155. The van der Waals surface area contributed by atoms with Crippen LogP contribution >= 0.6 is 11.3 Å². The maximum absolute atomic E-state index is 15.1. The first-order chi connectivity index (χ1) is 17.5. The highest BCUT2D eigenvalue weighted by Gasteiger charge is 2.32. The Bertz CT molecular complexity index is 1510. The number of nitrogens with one attached hydrogen (secondary N) is 1. The summed E-state index contributed by atoms with van der Waals surface area (Å²) in [4.78, 5) is 23.3. The van der Waals surface area contributed by atoms with Gasteiger partial charge in [0.15, 0.2) is 11.6 Å². The van der Waals surface area contributed by atoms with Crippen molar-refractivity contribution in [3.05, 3.63) is 74.7 Å². The number of hydrogen-bond acceptors (Lipinski definition) is 6. The van der Waals surface area contributed by atoms with Crippen LogP contribution in [-0.4, -0.2) is 53.4 Å². The van der Waals surface area contributed by atoms with Crippen LogP contribution in [0.5, 0.6) is 5.88 Å². The lowest BCUT2D eigenvalue weighted by Gasteiger charge is -2.39. The topological polar surface area (TPSA) is 71.9 Å². The molecule has 0 bridgehead atoms. The molecule has 184 valence electrons. The summed E-state index contributed by atoms with van der Waals surface area (Å²) in [6, 6.07) is 10.1. The number of piperazine rings is 1. The fraction of sp³-hybridized carbons (Fsp3) is 0.259. The van der Waals surface area contributed by atoms with Gasteiger partial charge in [-0.2, -0.15) is 11.3 Å². The predicted octanol–water partition coefficient (Wildman–Crippen LogP) is 5.28. The normalized spacial score (nSPS) is 18.4. The molecule has 2 aromatic carbocycles. The van der Waals surface area contributed by atoms with E-state index < -0.39 is 17.2 Å². The lowest BCUT2D eigenvalue weighted by atomic mass is 10.0. The Morgan fingerprint density at radius 2 is 1.89 bits per heavy atom. The highest BCUT2D eigenvalue weighted by molar-refractivity contribution is 7.08. The average Bonchev–Trinajstić information content (AvgIpc) is 3.55. The SMILES string of the molecule is O=c1[nH]c(O)c(C=Nc2cc(F)c(N3CCN4CCC[C@H]4C3)c(F)c2)c2cc(-c3ccsc3)ccc12. The van der Waals surface area contributed by atoms with Gasteiger partial charge in [-0.05, 0) is 59.5 Å². The van der Waals surface area contributed by atoms with E-state index in [2.05, 4.69) is 14.9 Å². The van der Waals surface area contributed by atoms with Crippen LogP contribution in [-0.2, 0) is 0 Å². The number of benzene rings is 2. The summed E-state index contributed by atoms with van der Waals surface area (Å²) in [5.41, 5.74) is 1.78. The van der Waals surface area contributed by atoms with Crippen molar-refractivity contribution in [2.24, 2.45) is 4.99 Å². The fourth-order valence-electron chi connectivity index (χ4n) is 5.34. The van der Waals surface area contributed by atoms with Crippen molar-refractivity contribution in [2.45, 2.75) is 18.9 Å². The Morgan fingerprint density at radius 3 is 2.67 bits per heavy atom. The van der Waals surface area contributed by atoms with Crippen molar-refractivity contribution >= 4 is 39.7 Å². The summed E-state index contributed by atoms with van der Waals surface area (Å²) in [6.45, 7) is 3.05. The number of aromatic hydroxyl groups is 1. The van der Waals surface area contributed by atoms with Crippen LogP contribution in [0.4, 0.5) is 20.2 Å². The first kappa shape index (κ1) is 22.9. The van der Waals surface area contributed by atoms with Crippen molar-refractivity contribution in [2.75, 3.05) is 31.1 Å². The quantitative estimate of drug-likeness (QED) is 0.370. The zero-order valence-electron chi connectivity index (χ0n) is 19.4. The van der Waals surface area contributed by atoms with Crippen LogP contribution in [0.25, 0.3) is 21.9 Å². The molecule has 1 atom stereocenters. The van der Waals surface area contributed by atoms with Crippen molar-refractivity contribution in [1.29, 1.82) is 0 Å². The second-order valence-corrected chi connectivity index (χ2v) is 10.1. The Morgan fingerprint density at radius 1 is 1.06 bits per heavy atom. The van der Waals surface area contributed by atoms with E-state index in [1.807, 2.05) is 22.9 Å². The zero-order valence-corrected chi connectivity index (χ0v) is 20.2. The monoisotopic (exact) mass is 506 g/mol. The molecule has 6 nitrogen and oxygen atoms in total. The molecule has 4 heterocycles. The number of pyridine rings is 1. The maximum atomic E-state index is 15.1. The van der Waals surface area contributed by atoms with Gasteiger partial charge in [0.05, 0.1) is 11.3 Å². The molecule has 9 heteroatoms. The molecular weight excluding hydrogens is 482 g/mol. The van der Waals surface area contributed by atoms with Crippen molar-refractivity contribution in [3.63, 3.8) is 0 Å². The molecule has 2 saturated heterocycles. The predicted molar refractivity (Wildman–Crippen MR) is 140 cm³/mol. The number of anilines is 1. The van der Waals surface area contributed by atoms with Gasteiger partial charge < -0.3 is 10.0 Å². The van der Waals surface area contributed by atoms with Gasteiger partial charge in [0.1, 0.15) is 5.69 Å². The van der Waals surface area contributed by atoms with Gasteiger partial charge in [0.25, 0.3) is 5.56 Å². The lowest BCUT2D eigenvalue weighted by molar-refractivity contribution is 0.229. The van der Waals surface area contributed by atoms with Crippen LogP contribution in [0, 0.1) is 11.6 Å². The number of aromatic nitrogens is 1. The van der Waals surface area contributed by atoms with E-state index in [0.717, 1.165) is 37.1 Å². The Hall–Kier alpha value is -3.56. The third-order valence-electron chi connectivity index (χ3n) is 7.14. The molecule has 2 aliphatic heterocycles. The first-order valence-corrected chi connectivity index (χ1v) is 12.9. The summed E-state index contributed by atoms with van der Waals surface area (Å²) in [7, 11) is 0. The molecule has 2 fully saturated rings. The molecule has 0 amide bonds. The molecule has 2 aliphatic rings. The lowest BCUT2D eigenvalue weighted by Crippen LogP contribution is -2.50. The van der Waals surface area contributed by atoms with Crippen molar-refractivity contribution in [3.8, 4) is 17.0 Å². The molecule has 0 aliphatic carbocycles. The van der Waals surface area contributed by atoms with Gasteiger partial charge in [-0.15, -0.1) is 0 Å². The summed E-state index contributed by atoms with van der Waals surface area (Å²) in [5, 5.41) is 15.3. The molecule has 0 radical (unpaired) electrons. The molecule has 0 unspecified atom stereocenters. The minimum atomic E-state index is -0.663. The molecule has 36 heavy (non-hydrogen) atoms. The number of aliphatic imine (C=N–C) groups is 1. The van der Waals surface area contributed by atoms with Crippen LogP contribution in [0.15, 0.2) is 56.9 Å². The van der Waals surface area contributed by atoms with Crippen molar-refractivity contribution in [1.82, 2.24) is 9.88 Å². The van der Waals surface area contributed by atoms with Crippen molar-refractivity contribution < 1.29 is 13.9 Å². The summed E-state index contributed by atoms with van der Waals surface area (Å²) in [5.74, 6) is -1.68. The van der Waals surface area contributed by atoms with Gasteiger partial charge in [-0.3, -0.25) is 19.7 Å². The van der Waals surface area contributed by atoms with Gasteiger partial charge in [0, 0.05) is 54.8 Å². The van der Waals surface area contributed by atoms with E-state index in [4.69, 9.17) is 0 Å². The Kier molecular flexibility index (Phi) is 5.81.